The van der Waals surface area contributed by atoms with Gasteiger partial charge in [-0.25, -0.2) is 4.79 Å². The van der Waals surface area contributed by atoms with Crippen LogP contribution in [0.5, 0.6) is 0 Å². The first-order valence-corrected chi connectivity index (χ1v) is 11.2. The molecule has 3 N–H and O–H groups in total. The van der Waals surface area contributed by atoms with Crippen LogP contribution in [-0.2, 0) is 21.5 Å². The van der Waals surface area contributed by atoms with Crippen molar-refractivity contribution in [2.75, 3.05) is 20.6 Å². The largest absolute Gasteiger partial charge is 0.465 e. The molecular weight excluding hydrogens is 426 g/mol. The van der Waals surface area contributed by atoms with Crippen LogP contribution in [0.2, 0.25) is 0 Å². The van der Waals surface area contributed by atoms with Crippen LogP contribution in [0.3, 0.4) is 0 Å². The summed E-state index contributed by atoms with van der Waals surface area (Å²) in [7, 11) is 3.23. The summed E-state index contributed by atoms with van der Waals surface area (Å²) in [5, 5.41) is 16.7. The van der Waals surface area contributed by atoms with Gasteiger partial charge in [0.1, 0.15) is 0 Å². The lowest BCUT2D eigenvalue weighted by Crippen LogP contribution is -2.57. The van der Waals surface area contributed by atoms with Crippen molar-refractivity contribution in [2.45, 2.75) is 24.8 Å². The number of hydrogen-bond acceptors (Lipinski definition) is 4. The number of nitrogens with zero attached hydrogens (tertiary/aromatic N) is 1. The predicted octanol–water partition coefficient (Wildman–Crippen LogP) is 3.59. The van der Waals surface area contributed by atoms with Gasteiger partial charge in [0, 0.05) is 43.7 Å². The lowest BCUT2D eigenvalue weighted by molar-refractivity contribution is -0.146. The van der Waals surface area contributed by atoms with Crippen LogP contribution in [0.15, 0.2) is 60.0 Å². The average molecular weight is 454 g/mol. The van der Waals surface area contributed by atoms with Crippen LogP contribution in [0.4, 0.5) is 4.79 Å². The molecule has 8 heteroatoms. The van der Waals surface area contributed by atoms with E-state index in [1.807, 2.05) is 60.0 Å². The van der Waals surface area contributed by atoms with Crippen LogP contribution < -0.4 is 10.6 Å². The standard InChI is InChI=1S/C24H27N3O4S/c1-25-22(29)24(15-17-9-4-3-5-10-17,19-16-32-20-12-7-6-11-18(19)20)27(2)21(28)13-8-14-26-23(30)31/h3-7,9-12,16,26H,8,13-15H2,1-2H3,(H,25,29)(H,30,31)/t24-/m1/s1. The van der Waals surface area contributed by atoms with Gasteiger partial charge in [-0.15, -0.1) is 11.3 Å². The number of nitrogens with one attached hydrogen (secondary N) is 2. The van der Waals surface area contributed by atoms with Crippen molar-refractivity contribution in [2.24, 2.45) is 0 Å². The first-order chi connectivity index (χ1) is 15.4. The number of hydrogen-bond donors (Lipinski definition) is 3. The van der Waals surface area contributed by atoms with Crippen molar-refractivity contribution in [3.8, 4) is 0 Å². The molecule has 3 amide bonds. The average Bonchev–Trinajstić information content (AvgIpc) is 3.24. The van der Waals surface area contributed by atoms with E-state index < -0.39 is 11.6 Å². The van der Waals surface area contributed by atoms with Crippen molar-refractivity contribution in [3.63, 3.8) is 0 Å². The predicted molar refractivity (Wildman–Crippen MR) is 126 cm³/mol. The summed E-state index contributed by atoms with van der Waals surface area (Å²) in [6, 6.07) is 17.5. The Balaban J connectivity index is 2.07. The zero-order chi connectivity index (χ0) is 23.1. The Bertz CT molecular complexity index is 1100. The maximum absolute atomic E-state index is 13.6. The molecule has 0 aliphatic rings. The molecule has 0 aliphatic carbocycles. The number of thiophene rings is 1. The highest BCUT2D eigenvalue weighted by molar-refractivity contribution is 7.17. The lowest BCUT2D eigenvalue weighted by Gasteiger charge is -2.41. The molecule has 1 aromatic heterocycles. The molecule has 0 saturated heterocycles. The Kier molecular flexibility index (Phi) is 7.48. The maximum Gasteiger partial charge on any atom is 0.404 e. The van der Waals surface area contributed by atoms with E-state index in [4.69, 9.17) is 5.11 Å². The highest BCUT2D eigenvalue weighted by Gasteiger charge is 2.47. The van der Waals surface area contributed by atoms with Crippen molar-refractivity contribution >= 4 is 39.3 Å². The minimum Gasteiger partial charge on any atom is -0.465 e. The Hall–Kier alpha value is -3.39. The molecule has 0 fully saturated rings. The molecular formula is C24H27N3O4S. The molecule has 0 radical (unpaired) electrons. The third kappa shape index (κ3) is 4.75. The van der Waals surface area contributed by atoms with E-state index >= 15 is 0 Å². The zero-order valence-electron chi connectivity index (χ0n) is 18.1. The first kappa shape index (κ1) is 23.3. The lowest BCUT2D eigenvalue weighted by atomic mass is 9.80. The van der Waals surface area contributed by atoms with Crippen molar-refractivity contribution < 1.29 is 19.5 Å². The summed E-state index contributed by atoms with van der Waals surface area (Å²) < 4.78 is 1.04. The van der Waals surface area contributed by atoms with Crippen LogP contribution in [0.25, 0.3) is 10.1 Å². The Morgan fingerprint density at radius 3 is 2.44 bits per heavy atom. The minimum atomic E-state index is -1.26. The highest BCUT2D eigenvalue weighted by atomic mass is 32.1. The molecule has 0 unspecified atom stereocenters. The van der Waals surface area contributed by atoms with E-state index in [2.05, 4.69) is 10.6 Å². The van der Waals surface area contributed by atoms with Crippen molar-refractivity contribution in [1.82, 2.24) is 15.5 Å². The van der Waals surface area contributed by atoms with Gasteiger partial charge in [0.25, 0.3) is 5.91 Å². The fraction of sp³-hybridized carbons (Fsp3) is 0.292. The van der Waals surface area contributed by atoms with Gasteiger partial charge in [0.2, 0.25) is 5.91 Å². The van der Waals surface area contributed by atoms with Gasteiger partial charge < -0.3 is 20.6 Å². The first-order valence-electron chi connectivity index (χ1n) is 10.4. The Labute approximate surface area is 191 Å². The molecule has 1 atom stereocenters. The van der Waals surface area contributed by atoms with Gasteiger partial charge in [-0.05, 0) is 28.8 Å². The molecule has 0 bridgehead atoms. The third-order valence-corrected chi connectivity index (χ3v) is 6.59. The quantitative estimate of drug-likeness (QED) is 0.431. The van der Waals surface area contributed by atoms with E-state index in [9.17, 15) is 14.4 Å². The molecule has 7 nitrogen and oxygen atoms in total. The molecule has 1 heterocycles. The minimum absolute atomic E-state index is 0.117. The van der Waals surface area contributed by atoms with Crippen LogP contribution >= 0.6 is 11.3 Å². The number of carboxylic acid groups (broad SMARTS) is 1. The summed E-state index contributed by atoms with van der Waals surface area (Å²) >= 11 is 1.54. The molecule has 0 spiro atoms. The highest BCUT2D eigenvalue weighted by Crippen LogP contribution is 2.40. The zero-order valence-corrected chi connectivity index (χ0v) is 18.9. The fourth-order valence-corrected chi connectivity index (χ4v) is 4.99. The van der Waals surface area contributed by atoms with Gasteiger partial charge in [0.15, 0.2) is 5.54 Å². The smallest absolute Gasteiger partial charge is 0.404 e. The van der Waals surface area contributed by atoms with E-state index in [0.29, 0.717) is 12.8 Å². The second-order valence-corrected chi connectivity index (χ2v) is 8.45. The van der Waals surface area contributed by atoms with E-state index in [0.717, 1.165) is 21.2 Å². The third-order valence-electron chi connectivity index (χ3n) is 5.62. The Morgan fingerprint density at radius 1 is 1.06 bits per heavy atom. The van der Waals surface area contributed by atoms with E-state index in [-0.39, 0.29) is 24.8 Å². The normalized spacial score (nSPS) is 12.7. The number of likely N-dealkylation sites (N-methyl/N-ethyl adjacent to an activating group) is 2. The Morgan fingerprint density at radius 2 is 1.75 bits per heavy atom. The van der Waals surface area contributed by atoms with Crippen LogP contribution in [-0.4, -0.2) is 48.6 Å². The van der Waals surface area contributed by atoms with Gasteiger partial charge in [0.05, 0.1) is 0 Å². The second kappa shape index (κ2) is 10.3. The van der Waals surface area contributed by atoms with Gasteiger partial charge in [-0.1, -0.05) is 48.5 Å². The summed E-state index contributed by atoms with van der Waals surface area (Å²) in [6.07, 6.45) is -0.357. The van der Waals surface area contributed by atoms with Gasteiger partial charge in [-0.2, -0.15) is 0 Å². The fourth-order valence-electron chi connectivity index (χ4n) is 3.96. The number of fused-ring (bicyclic) bond motifs is 1. The van der Waals surface area contributed by atoms with Crippen LogP contribution in [0.1, 0.15) is 24.0 Å². The van der Waals surface area contributed by atoms with Gasteiger partial charge in [-0.3, -0.25) is 9.59 Å². The van der Waals surface area contributed by atoms with Crippen molar-refractivity contribution in [1.29, 1.82) is 0 Å². The monoisotopic (exact) mass is 453 g/mol. The molecule has 3 rings (SSSR count). The molecule has 0 saturated carbocycles. The maximum atomic E-state index is 13.6. The number of carbonyl (C=O) groups excluding carboxylic acids is 2. The van der Waals surface area contributed by atoms with E-state index in [1.54, 1.807) is 14.1 Å². The van der Waals surface area contributed by atoms with Gasteiger partial charge >= 0.3 is 6.09 Å². The summed E-state index contributed by atoms with van der Waals surface area (Å²) in [5.41, 5.74) is 0.451. The van der Waals surface area contributed by atoms with Crippen LogP contribution in [0, 0.1) is 0 Å². The number of rotatable bonds is 9. The molecule has 3 aromatic rings. The summed E-state index contributed by atoms with van der Waals surface area (Å²) in [6.45, 7) is 0.169. The summed E-state index contributed by atoms with van der Waals surface area (Å²) in [5.74, 6) is -0.503. The molecule has 0 aliphatic heterocycles. The van der Waals surface area contributed by atoms with Crippen molar-refractivity contribution in [3.05, 3.63) is 71.1 Å². The van der Waals surface area contributed by atoms with E-state index in [1.165, 1.54) is 16.2 Å². The SMILES string of the molecule is CNC(=O)[C@@](Cc1ccccc1)(c1csc2ccccc12)N(C)C(=O)CCCNC(=O)O. The number of amides is 3. The number of carbonyl (C=O) groups is 3. The molecule has 168 valence electrons. The summed E-state index contributed by atoms with van der Waals surface area (Å²) in [4.78, 5) is 39.0. The molecule has 32 heavy (non-hydrogen) atoms. The molecule has 2 aromatic carbocycles. The topological polar surface area (TPSA) is 98.7 Å². The number of benzene rings is 2. The second-order valence-electron chi connectivity index (χ2n) is 7.54.